The van der Waals surface area contributed by atoms with Crippen LogP contribution in [-0.2, 0) is 4.74 Å². The lowest BCUT2D eigenvalue weighted by atomic mass is 10.1. The molecular weight excluding hydrogens is 272 g/mol. The van der Waals surface area contributed by atoms with Crippen molar-refractivity contribution in [2.45, 2.75) is 16.5 Å². The molecule has 1 rings (SSSR count). The van der Waals surface area contributed by atoms with E-state index in [0.29, 0.717) is 13.2 Å². The van der Waals surface area contributed by atoms with E-state index in [4.69, 9.17) is 4.74 Å². The molecule has 1 fully saturated rings. The van der Waals surface area contributed by atoms with Crippen molar-refractivity contribution in [2.24, 2.45) is 0 Å². The average molecular weight is 287 g/mol. The third kappa shape index (κ3) is 3.14. The lowest BCUT2D eigenvalue weighted by Gasteiger charge is -2.31. The summed E-state index contributed by atoms with van der Waals surface area (Å²) in [6.07, 6.45) is 0.307. The van der Waals surface area contributed by atoms with Crippen LogP contribution in [0, 0.1) is 0 Å². The molecule has 0 aromatic rings. The summed E-state index contributed by atoms with van der Waals surface area (Å²) in [4.78, 5) is 2.13. The predicted molar refractivity (Wildman–Crippen MR) is 55.6 cm³/mol. The standard InChI is InChI=1S/C8H15FINO/c1-12-5-4-11-3-2-8(10)7(9)6-11/h7-8H,2-6H2,1H3/t7-,8+/m0/s1. The molecule has 0 N–H and O–H groups in total. The van der Waals surface area contributed by atoms with E-state index in [1.165, 1.54) is 0 Å². The number of likely N-dealkylation sites (tertiary alicyclic amines) is 1. The second-order valence-corrected chi connectivity index (χ2v) is 4.71. The summed E-state index contributed by atoms with van der Waals surface area (Å²) in [5.41, 5.74) is 0. The van der Waals surface area contributed by atoms with Crippen LogP contribution in [0.2, 0.25) is 0 Å². The van der Waals surface area contributed by atoms with E-state index >= 15 is 0 Å². The Bertz CT molecular complexity index is 134. The first kappa shape index (κ1) is 10.7. The zero-order valence-electron chi connectivity index (χ0n) is 7.30. The maximum absolute atomic E-state index is 13.2. The van der Waals surface area contributed by atoms with Gasteiger partial charge in [0.1, 0.15) is 6.17 Å². The van der Waals surface area contributed by atoms with Crippen LogP contribution < -0.4 is 0 Å². The van der Waals surface area contributed by atoms with Gasteiger partial charge >= 0.3 is 0 Å². The first-order valence-corrected chi connectivity index (χ1v) is 5.48. The fourth-order valence-corrected chi connectivity index (χ4v) is 1.87. The van der Waals surface area contributed by atoms with Gasteiger partial charge in [0.2, 0.25) is 0 Å². The van der Waals surface area contributed by atoms with Gasteiger partial charge < -0.3 is 4.74 Å². The minimum Gasteiger partial charge on any atom is -0.383 e. The van der Waals surface area contributed by atoms with Crippen LogP contribution in [-0.4, -0.2) is 48.3 Å². The van der Waals surface area contributed by atoms with Crippen LogP contribution in [0.4, 0.5) is 4.39 Å². The summed E-state index contributed by atoms with van der Waals surface area (Å²) in [6, 6.07) is 0. The lowest BCUT2D eigenvalue weighted by molar-refractivity contribution is 0.105. The van der Waals surface area contributed by atoms with Gasteiger partial charge in [0.25, 0.3) is 0 Å². The van der Waals surface area contributed by atoms with Crippen LogP contribution in [0.1, 0.15) is 6.42 Å². The Hall–Kier alpha value is 0.580. The van der Waals surface area contributed by atoms with E-state index in [9.17, 15) is 4.39 Å². The third-order valence-electron chi connectivity index (χ3n) is 2.16. The minimum atomic E-state index is -0.656. The van der Waals surface area contributed by atoms with E-state index in [0.717, 1.165) is 19.5 Å². The molecule has 72 valence electrons. The molecule has 0 spiro atoms. The second-order valence-electron chi connectivity index (χ2n) is 3.11. The van der Waals surface area contributed by atoms with E-state index in [1.54, 1.807) is 7.11 Å². The van der Waals surface area contributed by atoms with E-state index in [-0.39, 0.29) is 3.92 Å². The van der Waals surface area contributed by atoms with Crippen molar-refractivity contribution in [2.75, 3.05) is 33.4 Å². The SMILES string of the molecule is COCCN1CC[C@@H](I)[C@@H](F)C1. The normalized spacial score (nSPS) is 32.2. The number of hydrogen-bond acceptors (Lipinski definition) is 2. The number of nitrogens with zero attached hydrogens (tertiary/aromatic N) is 1. The Balaban J connectivity index is 2.21. The van der Waals surface area contributed by atoms with Gasteiger partial charge in [-0.25, -0.2) is 4.39 Å². The summed E-state index contributed by atoms with van der Waals surface area (Å²) in [5, 5.41) is 0. The van der Waals surface area contributed by atoms with Gasteiger partial charge in [0.05, 0.1) is 6.61 Å². The molecule has 2 nitrogen and oxygen atoms in total. The quantitative estimate of drug-likeness (QED) is 0.576. The molecule has 2 atom stereocenters. The maximum Gasteiger partial charge on any atom is 0.124 e. The van der Waals surface area contributed by atoms with Gasteiger partial charge in [-0.3, -0.25) is 4.90 Å². The molecular formula is C8H15FINO. The molecule has 0 bridgehead atoms. The summed E-state index contributed by atoms with van der Waals surface area (Å²) >= 11 is 2.20. The van der Waals surface area contributed by atoms with Crippen molar-refractivity contribution in [1.82, 2.24) is 4.90 Å². The van der Waals surface area contributed by atoms with Crippen molar-refractivity contribution in [3.8, 4) is 0 Å². The number of piperidine rings is 1. The molecule has 0 saturated carbocycles. The van der Waals surface area contributed by atoms with Gasteiger partial charge in [-0.1, -0.05) is 22.6 Å². The van der Waals surface area contributed by atoms with E-state index in [2.05, 4.69) is 27.5 Å². The Morgan fingerprint density at radius 1 is 1.67 bits per heavy atom. The van der Waals surface area contributed by atoms with E-state index in [1.807, 2.05) is 0 Å². The number of halogens is 2. The van der Waals surface area contributed by atoms with Gasteiger partial charge in [0, 0.05) is 24.1 Å². The van der Waals surface area contributed by atoms with Gasteiger partial charge in [0.15, 0.2) is 0 Å². The van der Waals surface area contributed by atoms with Crippen LogP contribution in [0.25, 0.3) is 0 Å². The van der Waals surface area contributed by atoms with Gasteiger partial charge in [-0.15, -0.1) is 0 Å². The van der Waals surface area contributed by atoms with Crippen molar-refractivity contribution in [1.29, 1.82) is 0 Å². The average Bonchev–Trinajstić information content (AvgIpc) is 2.07. The Labute approximate surface area is 86.6 Å². The summed E-state index contributed by atoms with van der Waals surface area (Å²) < 4.78 is 18.3. The second kappa shape index (κ2) is 5.34. The predicted octanol–water partition coefficient (Wildman–Crippen LogP) is 1.48. The molecule has 0 radical (unpaired) electrons. The number of rotatable bonds is 3. The number of alkyl halides is 2. The first-order chi connectivity index (χ1) is 5.74. The summed E-state index contributed by atoms with van der Waals surface area (Å²) in [5.74, 6) is 0. The van der Waals surface area contributed by atoms with Crippen molar-refractivity contribution >= 4 is 22.6 Å². The molecule has 0 aromatic heterocycles. The van der Waals surface area contributed by atoms with Crippen LogP contribution in [0.15, 0.2) is 0 Å². The molecule has 1 heterocycles. The van der Waals surface area contributed by atoms with Crippen molar-refractivity contribution < 1.29 is 9.13 Å². The zero-order chi connectivity index (χ0) is 8.97. The number of ether oxygens (including phenoxy) is 1. The fraction of sp³-hybridized carbons (Fsp3) is 1.00. The van der Waals surface area contributed by atoms with Crippen molar-refractivity contribution in [3.63, 3.8) is 0 Å². The topological polar surface area (TPSA) is 12.5 Å². The summed E-state index contributed by atoms with van der Waals surface area (Å²) in [6.45, 7) is 3.16. The first-order valence-electron chi connectivity index (χ1n) is 4.23. The molecule has 1 aliphatic heterocycles. The highest BCUT2D eigenvalue weighted by Gasteiger charge is 2.26. The molecule has 12 heavy (non-hydrogen) atoms. The largest absolute Gasteiger partial charge is 0.383 e. The Morgan fingerprint density at radius 3 is 3.00 bits per heavy atom. The zero-order valence-corrected chi connectivity index (χ0v) is 9.46. The highest BCUT2D eigenvalue weighted by Crippen LogP contribution is 2.20. The maximum atomic E-state index is 13.2. The molecule has 0 amide bonds. The Kier molecular flexibility index (Phi) is 4.74. The molecule has 0 aliphatic carbocycles. The third-order valence-corrected chi connectivity index (χ3v) is 3.56. The number of methoxy groups -OCH3 is 1. The lowest BCUT2D eigenvalue weighted by Crippen LogP contribution is -2.43. The monoisotopic (exact) mass is 287 g/mol. The van der Waals surface area contributed by atoms with Gasteiger partial charge in [-0.05, 0) is 13.0 Å². The van der Waals surface area contributed by atoms with E-state index < -0.39 is 6.17 Å². The molecule has 4 heteroatoms. The number of hydrogen-bond donors (Lipinski definition) is 0. The smallest absolute Gasteiger partial charge is 0.124 e. The Morgan fingerprint density at radius 2 is 2.42 bits per heavy atom. The molecule has 1 aliphatic rings. The highest BCUT2D eigenvalue weighted by atomic mass is 127. The van der Waals surface area contributed by atoms with Crippen LogP contribution >= 0.6 is 22.6 Å². The highest BCUT2D eigenvalue weighted by molar-refractivity contribution is 14.1. The molecule has 0 aromatic carbocycles. The van der Waals surface area contributed by atoms with Crippen LogP contribution in [0.5, 0.6) is 0 Å². The molecule has 1 saturated heterocycles. The summed E-state index contributed by atoms with van der Waals surface area (Å²) in [7, 11) is 1.68. The van der Waals surface area contributed by atoms with Gasteiger partial charge in [-0.2, -0.15) is 0 Å². The molecule has 0 unspecified atom stereocenters. The van der Waals surface area contributed by atoms with Crippen molar-refractivity contribution in [3.05, 3.63) is 0 Å². The minimum absolute atomic E-state index is 0.210. The van der Waals surface area contributed by atoms with Crippen LogP contribution in [0.3, 0.4) is 0 Å². The fourth-order valence-electron chi connectivity index (χ4n) is 1.36.